The van der Waals surface area contributed by atoms with Gasteiger partial charge in [-0.15, -0.1) is 0 Å². The Labute approximate surface area is 389 Å². The van der Waals surface area contributed by atoms with E-state index in [-0.39, 0.29) is 50.6 Å². The number of benzene rings is 2. The number of aliphatic hydroxyl groups is 2. The molecule has 0 spiro atoms. The van der Waals surface area contributed by atoms with Crippen LogP contribution in [0.4, 0.5) is 5.69 Å². The molecule has 0 fully saturated rings. The lowest BCUT2D eigenvalue weighted by molar-refractivity contribution is -0.160. The molecule has 9 atom stereocenters. The second kappa shape index (κ2) is 23.5. The molecular weight excluding hydrogens is 851 g/mol. The van der Waals surface area contributed by atoms with Gasteiger partial charge in [-0.25, -0.2) is 5.01 Å². The van der Waals surface area contributed by atoms with Gasteiger partial charge in [0.15, 0.2) is 12.4 Å². The number of ether oxygens (including phenoxy) is 5. The lowest BCUT2D eigenvalue weighted by atomic mass is 9.78. The Balaban J connectivity index is 1.93. The molecule has 16 nitrogen and oxygen atoms in total. The van der Waals surface area contributed by atoms with Crippen LogP contribution in [0.5, 0.6) is 23.0 Å². The zero-order valence-corrected chi connectivity index (χ0v) is 40.8. The van der Waals surface area contributed by atoms with Crippen molar-refractivity contribution in [1.82, 2.24) is 10.0 Å². The number of carbonyl (C=O) groups excluding carboxylic acids is 4. The maximum atomic E-state index is 14.7. The van der Waals surface area contributed by atoms with Gasteiger partial charge in [-0.2, -0.15) is 0 Å². The Morgan fingerprint density at radius 3 is 2.12 bits per heavy atom. The number of hydrogen-bond donors (Lipinski definition) is 5. The molecule has 2 amide bonds. The Morgan fingerprint density at radius 2 is 1.53 bits per heavy atom. The Hall–Kier alpha value is -5.16. The topological polar surface area (TPSA) is 214 Å². The quantitative estimate of drug-likeness (QED) is 0.0706. The summed E-state index contributed by atoms with van der Waals surface area (Å²) in [5.74, 6) is -8.02. The number of ketones is 1. The van der Waals surface area contributed by atoms with E-state index < -0.39 is 89.6 Å². The highest BCUT2D eigenvalue weighted by atomic mass is 16.7. The number of carbonyl (C=O) groups is 4. The van der Waals surface area contributed by atoms with Crippen molar-refractivity contribution in [1.29, 1.82) is 0 Å². The number of allylic oxidation sites excluding steroid dienone is 2. The van der Waals surface area contributed by atoms with Crippen molar-refractivity contribution in [3.8, 4) is 23.0 Å². The molecule has 0 aliphatic carbocycles. The van der Waals surface area contributed by atoms with Crippen molar-refractivity contribution < 1.29 is 63.3 Å². The fourth-order valence-corrected chi connectivity index (χ4v) is 8.63. The predicted molar refractivity (Wildman–Crippen MR) is 251 cm³/mol. The van der Waals surface area contributed by atoms with Crippen LogP contribution in [0.3, 0.4) is 0 Å². The number of rotatable bonds is 14. The molecule has 3 heterocycles. The standard InChI is InChI=1S/C50H73N3O13/c1-13-16-23-52(24-17-14-2)53(22-15-3)38(55)27-63-37-26-35-45(59)40-39(37)41-47(33(9)44(40)58)66-50(11,48(41)60)64-25-21-36(62-12)30(6)46(65-34(10)54)32(8)43(57)31(7)42(56)28(4)19-18-20-29(5)49(61)51-35/h18-21,25-26,28,30-32,36,42-43,46,56-59H,13-17,22-24,27H2,1-12H3,(H,51,61)/b19-18+,25-21+,29-20-/t28-,30-,31-,32-,36+,42-,43+,46-,50+/m1/s1. The summed E-state index contributed by atoms with van der Waals surface area (Å²) in [6.07, 6.45) is 7.93. The number of anilines is 1. The summed E-state index contributed by atoms with van der Waals surface area (Å²) in [7, 11) is 1.45. The highest BCUT2D eigenvalue weighted by Gasteiger charge is 2.50. The predicted octanol–water partition coefficient (Wildman–Crippen LogP) is 7.48. The number of phenolic OH excluding ortho intramolecular Hbond substituents is 2. The third-order valence-electron chi connectivity index (χ3n) is 12.8. The van der Waals surface area contributed by atoms with Crippen LogP contribution in [0.2, 0.25) is 0 Å². The first-order valence-corrected chi connectivity index (χ1v) is 23.2. The lowest BCUT2D eigenvalue weighted by Gasteiger charge is -2.38. The van der Waals surface area contributed by atoms with Crippen molar-refractivity contribution >= 4 is 40.0 Å². The van der Waals surface area contributed by atoms with Crippen LogP contribution in [0.25, 0.3) is 10.8 Å². The van der Waals surface area contributed by atoms with Gasteiger partial charge in [0.05, 0.1) is 41.2 Å². The monoisotopic (exact) mass is 924 g/mol. The lowest BCUT2D eigenvalue weighted by Crippen LogP contribution is -2.49. The van der Waals surface area contributed by atoms with Gasteiger partial charge in [-0.3, -0.25) is 24.2 Å². The van der Waals surface area contributed by atoms with Gasteiger partial charge in [0, 0.05) is 86.9 Å². The number of unbranched alkanes of at least 4 members (excludes halogenated alkanes) is 2. The number of aliphatic hydroxyl groups excluding tert-OH is 2. The number of nitrogens with zero attached hydrogens (tertiary/aromatic N) is 2. The first kappa shape index (κ1) is 53.5. The summed E-state index contributed by atoms with van der Waals surface area (Å²) in [5.41, 5.74) is 0.00676. The van der Waals surface area contributed by atoms with Gasteiger partial charge in [-0.05, 0) is 39.2 Å². The molecule has 0 radical (unpaired) electrons. The third kappa shape index (κ3) is 11.9. The van der Waals surface area contributed by atoms with Crippen LogP contribution in [-0.4, -0.2) is 118 Å². The van der Waals surface area contributed by atoms with Crippen LogP contribution in [0.1, 0.15) is 117 Å². The highest BCUT2D eigenvalue weighted by Crippen LogP contribution is 2.54. The first-order valence-electron chi connectivity index (χ1n) is 23.2. The zero-order chi connectivity index (χ0) is 49.2. The van der Waals surface area contributed by atoms with E-state index >= 15 is 0 Å². The smallest absolute Gasteiger partial charge is 0.312 e. The average Bonchev–Trinajstić information content (AvgIpc) is 3.55. The zero-order valence-electron chi connectivity index (χ0n) is 40.8. The van der Waals surface area contributed by atoms with Crippen molar-refractivity contribution in [3.63, 3.8) is 0 Å². The second-order valence-electron chi connectivity index (χ2n) is 17.9. The number of aromatic hydroxyl groups is 2. The summed E-state index contributed by atoms with van der Waals surface area (Å²) in [6.45, 7) is 20.1. The molecule has 5 bridgehead atoms. The van der Waals surface area contributed by atoms with Gasteiger partial charge in [0.25, 0.3) is 17.6 Å². The van der Waals surface area contributed by atoms with E-state index in [2.05, 4.69) is 19.2 Å². The molecule has 5 N–H and O–H groups in total. The molecular formula is C50H73N3O13. The van der Waals surface area contributed by atoms with E-state index in [1.54, 1.807) is 51.8 Å². The van der Waals surface area contributed by atoms with Crippen LogP contribution in [0.15, 0.2) is 42.2 Å². The number of methoxy groups -OCH3 is 1. The molecule has 0 aromatic heterocycles. The molecule has 0 unspecified atom stereocenters. The van der Waals surface area contributed by atoms with E-state index in [0.717, 1.165) is 25.7 Å². The fourth-order valence-electron chi connectivity index (χ4n) is 8.63. The van der Waals surface area contributed by atoms with Crippen LogP contribution in [0, 0.1) is 30.6 Å². The number of phenols is 2. The average molecular weight is 924 g/mol. The van der Waals surface area contributed by atoms with Crippen molar-refractivity contribution in [2.24, 2.45) is 23.7 Å². The summed E-state index contributed by atoms with van der Waals surface area (Å²) >= 11 is 0. The number of esters is 1. The molecule has 0 saturated carbocycles. The van der Waals surface area contributed by atoms with Crippen molar-refractivity contribution in [3.05, 3.63) is 53.3 Å². The fraction of sp³-hybridized carbons (Fsp3) is 0.600. The maximum absolute atomic E-state index is 14.7. The minimum absolute atomic E-state index is 0.0535. The van der Waals surface area contributed by atoms with Crippen molar-refractivity contribution in [2.45, 2.75) is 138 Å². The normalized spacial score (nSPS) is 28.0. The van der Waals surface area contributed by atoms with E-state index in [1.807, 2.05) is 11.9 Å². The Bertz CT molecular complexity index is 2140. The molecule has 366 valence electrons. The van der Waals surface area contributed by atoms with Crippen LogP contribution in [-0.2, 0) is 28.6 Å². The molecule has 3 aliphatic heterocycles. The van der Waals surface area contributed by atoms with Gasteiger partial charge in [0.2, 0.25) is 0 Å². The molecule has 16 heteroatoms. The Kier molecular flexibility index (Phi) is 19.1. The summed E-state index contributed by atoms with van der Waals surface area (Å²) in [6, 6.07) is 1.30. The largest absolute Gasteiger partial charge is 0.507 e. The molecule has 3 aliphatic rings. The van der Waals surface area contributed by atoms with E-state index in [1.165, 1.54) is 52.4 Å². The summed E-state index contributed by atoms with van der Waals surface area (Å²) in [5, 5.41) is 52.8. The van der Waals surface area contributed by atoms with Gasteiger partial charge < -0.3 is 49.4 Å². The van der Waals surface area contributed by atoms with Crippen molar-refractivity contribution in [2.75, 3.05) is 38.7 Å². The number of hydrazine groups is 1. The maximum Gasteiger partial charge on any atom is 0.312 e. The first-order chi connectivity index (χ1) is 31.2. The summed E-state index contributed by atoms with van der Waals surface area (Å²) in [4.78, 5) is 55.0. The molecule has 5 rings (SSSR count). The number of amides is 2. The third-order valence-corrected chi connectivity index (χ3v) is 12.8. The minimum atomic E-state index is -2.04. The van der Waals surface area contributed by atoms with E-state index in [4.69, 9.17) is 23.7 Å². The molecule has 66 heavy (non-hydrogen) atoms. The number of fused-ring (bicyclic) bond motifs is 14. The van der Waals surface area contributed by atoms with Crippen LogP contribution < -0.4 is 14.8 Å². The number of nitrogens with one attached hydrogen (secondary N) is 1. The molecule has 0 saturated heterocycles. The summed E-state index contributed by atoms with van der Waals surface area (Å²) < 4.78 is 30.2. The van der Waals surface area contributed by atoms with E-state index in [9.17, 15) is 39.6 Å². The van der Waals surface area contributed by atoms with E-state index in [0.29, 0.717) is 26.1 Å². The highest BCUT2D eigenvalue weighted by molar-refractivity contribution is 6.21. The minimum Gasteiger partial charge on any atom is -0.507 e. The molecule has 2 aromatic carbocycles. The van der Waals surface area contributed by atoms with Gasteiger partial charge >= 0.3 is 11.8 Å². The Morgan fingerprint density at radius 1 is 0.879 bits per heavy atom. The second-order valence-corrected chi connectivity index (χ2v) is 17.9. The van der Waals surface area contributed by atoms with Gasteiger partial charge in [0.1, 0.15) is 23.4 Å². The van der Waals surface area contributed by atoms with Crippen LogP contribution >= 0.6 is 0 Å². The molecule has 2 aromatic rings. The number of Topliss-reactive ketones (excluding diaryl/α,β-unsaturated/α-hetero) is 1. The number of hydrogen-bond acceptors (Lipinski definition) is 14. The SMILES string of the molecule is CCCCN(CCCC)N(CCC)C(=O)COc1cc2c(O)c3c(O)c(C)c4c(c13)C(=O)[C@@](C)(O/C=C/[C@H](OC)[C@@H](C)[C@@H](OC(C)=O)[C@H](C)[C@@H](O)[C@H](C)[C@H](O)[C@H](C)/C=C/C=C(/C)C(=O)N2)O4. The van der Waals surface area contributed by atoms with Gasteiger partial charge in [-0.1, -0.05) is 79.5 Å².